The largest absolute Gasteiger partial charge is 0.389 e. The summed E-state index contributed by atoms with van der Waals surface area (Å²) >= 11 is 0. The molecule has 1 saturated heterocycles. The zero-order chi connectivity index (χ0) is 11.9. The number of nitrogens with two attached hydrogens (primary N) is 1. The predicted octanol–water partition coefficient (Wildman–Crippen LogP) is 1.68. The summed E-state index contributed by atoms with van der Waals surface area (Å²) in [5.74, 6) is 1.50. The van der Waals surface area contributed by atoms with Gasteiger partial charge in [0.05, 0.1) is 5.60 Å². The summed E-state index contributed by atoms with van der Waals surface area (Å²) in [7, 11) is 0. The van der Waals surface area contributed by atoms with Gasteiger partial charge in [-0.2, -0.15) is 0 Å². The lowest BCUT2D eigenvalue weighted by molar-refractivity contribution is -0.120. The molecule has 2 saturated carbocycles. The van der Waals surface area contributed by atoms with Gasteiger partial charge in [0.2, 0.25) is 0 Å². The first-order chi connectivity index (χ1) is 8.20. The molecule has 1 aliphatic heterocycles. The van der Waals surface area contributed by atoms with Crippen molar-refractivity contribution in [2.24, 2.45) is 23.0 Å². The molecule has 3 N–H and O–H groups in total. The average Bonchev–Trinajstić information content (AvgIpc) is 2.87. The van der Waals surface area contributed by atoms with Crippen molar-refractivity contribution in [2.45, 2.75) is 50.5 Å². The van der Waals surface area contributed by atoms with Crippen molar-refractivity contribution in [1.29, 1.82) is 0 Å². The third-order valence-corrected chi connectivity index (χ3v) is 5.81. The van der Waals surface area contributed by atoms with Crippen molar-refractivity contribution in [2.75, 3.05) is 19.8 Å². The molecule has 0 aromatic heterocycles. The molecule has 4 atom stereocenters. The highest BCUT2D eigenvalue weighted by Gasteiger charge is 2.60. The van der Waals surface area contributed by atoms with Crippen LogP contribution in [-0.4, -0.2) is 30.5 Å². The van der Waals surface area contributed by atoms with Crippen molar-refractivity contribution in [3.8, 4) is 0 Å². The Hall–Kier alpha value is -0.120. The van der Waals surface area contributed by atoms with Gasteiger partial charge >= 0.3 is 0 Å². The highest BCUT2D eigenvalue weighted by atomic mass is 16.5. The molecule has 17 heavy (non-hydrogen) atoms. The van der Waals surface area contributed by atoms with E-state index in [0.29, 0.717) is 19.1 Å². The van der Waals surface area contributed by atoms with E-state index in [1.165, 1.54) is 19.3 Å². The maximum absolute atomic E-state index is 11.2. The van der Waals surface area contributed by atoms with Crippen molar-refractivity contribution >= 4 is 0 Å². The molecule has 3 fully saturated rings. The van der Waals surface area contributed by atoms with Gasteiger partial charge in [-0.25, -0.2) is 0 Å². The number of hydrogen-bond donors (Lipinski definition) is 2. The van der Waals surface area contributed by atoms with Crippen LogP contribution in [0.5, 0.6) is 0 Å². The van der Waals surface area contributed by atoms with E-state index >= 15 is 0 Å². The van der Waals surface area contributed by atoms with Crippen LogP contribution in [-0.2, 0) is 4.74 Å². The van der Waals surface area contributed by atoms with Crippen LogP contribution < -0.4 is 5.73 Å². The summed E-state index contributed by atoms with van der Waals surface area (Å²) in [4.78, 5) is 0. The fourth-order valence-corrected chi connectivity index (χ4v) is 4.89. The zero-order valence-electron chi connectivity index (χ0n) is 10.7. The topological polar surface area (TPSA) is 55.5 Å². The van der Waals surface area contributed by atoms with Crippen LogP contribution in [0.15, 0.2) is 0 Å². The third kappa shape index (κ3) is 1.66. The maximum atomic E-state index is 11.2. The molecule has 2 bridgehead atoms. The molecule has 3 rings (SSSR count). The van der Waals surface area contributed by atoms with Crippen LogP contribution in [0.4, 0.5) is 0 Å². The van der Waals surface area contributed by atoms with E-state index in [0.717, 1.165) is 38.2 Å². The first-order valence-electron chi connectivity index (χ1n) is 7.20. The van der Waals surface area contributed by atoms with Crippen LogP contribution in [0.1, 0.15) is 44.9 Å². The lowest BCUT2D eigenvalue weighted by Crippen LogP contribution is -2.55. The van der Waals surface area contributed by atoms with Gasteiger partial charge in [0.25, 0.3) is 0 Å². The Morgan fingerprint density at radius 3 is 2.76 bits per heavy atom. The van der Waals surface area contributed by atoms with E-state index in [1.54, 1.807) is 0 Å². The second kappa shape index (κ2) is 4.22. The standard InChI is InChI=1S/C14H25NO2/c15-10-13(9-11-2-3-12(13)8-11)14(16)4-1-6-17-7-5-14/h11-12,16H,1-10,15H2. The highest BCUT2D eigenvalue weighted by molar-refractivity contribution is 5.11. The second-order valence-electron chi connectivity index (χ2n) is 6.44. The lowest BCUT2D eigenvalue weighted by atomic mass is 9.60. The van der Waals surface area contributed by atoms with E-state index in [1.807, 2.05) is 0 Å². The summed E-state index contributed by atoms with van der Waals surface area (Å²) in [5, 5.41) is 11.2. The molecule has 2 aliphatic carbocycles. The fraction of sp³-hybridized carbons (Fsp3) is 1.00. The third-order valence-electron chi connectivity index (χ3n) is 5.81. The van der Waals surface area contributed by atoms with Crippen molar-refractivity contribution < 1.29 is 9.84 Å². The number of hydrogen-bond acceptors (Lipinski definition) is 3. The summed E-state index contributed by atoms with van der Waals surface area (Å²) < 4.78 is 5.52. The van der Waals surface area contributed by atoms with Crippen molar-refractivity contribution in [1.82, 2.24) is 0 Å². The Labute approximate surface area is 104 Å². The molecule has 3 nitrogen and oxygen atoms in total. The number of ether oxygens (including phenoxy) is 1. The van der Waals surface area contributed by atoms with Crippen LogP contribution in [0.2, 0.25) is 0 Å². The Kier molecular flexibility index (Phi) is 2.96. The van der Waals surface area contributed by atoms with E-state index < -0.39 is 5.60 Å². The molecule has 0 radical (unpaired) electrons. The Morgan fingerprint density at radius 1 is 1.24 bits per heavy atom. The van der Waals surface area contributed by atoms with Gasteiger partial charge in [-0.3, -0.25) is 0 Å². The molecule has 1 heterocycles. The van der Waals surface area contributed by atoms with Crippen molar-refractivity contribution in [3.63, 3.8) is 0 Å². The lowest BCUT2D eigenvalue weighted by Gasteiger charge is -2.49. The number of rotatable bonds is 2. The quantitative estimate of drug-likeness (QED) is 0.771. The van der Waals surface area contributed by atoms with E-state index in [-0.39, 0.29) is 5.41 Å². The molecule has 0 aromatic carbocycles. The Bertz CT molecular complexity index is 286. The Morgan fingerprint density at radius 2 is 2.12 bits per heavy atom. The maximum Gasteiger partial charge on any atom is 0.0741 e. The van der Waals surface area contributed by atoms with Gasteiger partial charge in [0, 0.05) is 31.6 Å². The van der Waals surface area contributed by atoms with E-state index in [2.05, 4.69) is 0 Å². The molecule has 0 amide bonds. The average molecular weight is 239 g/mol. The highest BCUT2D eigenvalue weighted by Crippen LogP contribution is 2.61. The molecule has 3 aliphatic rings. The van der Waals surface area contributed by atoms with Gasteiger partial charge in [0.15, 0.2) is 0 Å². The van der Waals surface area contributed by atoms with Gasteiger partial charge < -0.3 is 15.6 Å². The van der Waals surface area contributed by atoms with Crippen LogP contribution in [0.25, 0.3) is 0 Å². The van der Waals surface area contributed by atoms with Gasteiger partial charge in [-0.15, -0.1) is 0 Å². The second-order valence-corrected chi connectivity index (χ2v) is 6.44. The molecule has 0 spiro atoms. The molecule has 98 valence electrons. The molecule has 0 aromatic rings. The van der Waals surface area contributed by atoms with Crippen LogP contribution in [0.3, 0.4) is 0 Å². The van der Waals surface area contributed by atoms with Crippen LogP contribution in [0, 0.1) is 17.3 Å². The van der Waals surface area contributed by atoms with E-state index in [4.69, 9.17) is 10.5 Å². The smallest absolute Gasteiger partial charge is 0.0741 e. The first-order valence-corrected chi connectivity index (χ1v) is 7.20. The van der Waals surface area contributed by atoms with Gasteiger partial charge in [-0.1, -0.05) is 6.42 Å². The zero-order valence-corrected chi connectivity index (χ0v) is 10.7. The Balaban J connectivity index is 1.88. The van der Waals surface area contributed by atoms with E-state index in [9.17, 15) is 5.11 Å². The number of aliphatic hydroxyl groups is 1. The number of fused-ring (bicyclic) bond motifs is 2. The monoisotopic (exact) mass is 239 g/mol. The summed E-state index contributed by atoms with van der Waals surface area (Å²) in [6.07, 6.45) is 7.76. The minimum Gasteiger partial charge on any atom is -0.389 e. The van der Waals surface area contributed by atoms with Crippen molar-refractivity contribution in [3.05, 3.63) is 0 Å². The minimum absolute atomic E-state index is 0.00359. The minimum atomic E-state index is -0.557. The normalized spacial score (nSPS) is 50.5. The molecular formula is C14H25NO2. The summed E-state index contributed by atoms with van der Waals surface area (Å²) in [6, 6.07) is 0. The molecular weight excluding hydrogens is 214 g/mol. The SMILES string of the molecule is NCC1(C2(O)CCCOCC2)CC2CCC1C2. The summed E-state index contributed by atoms with van der Waals surface area (Å²) in [6.45, 7) is 2.16. The molecule has 3 heteroatoms. The predicted molar refractivity (Wildman–Crippen MR) is 66.6 cm³/mol. The summed E-state index contributed by atoms with van der Waals surface area (Å²) in [5.41, 5.74) is 5.57. The first kappa shape index (κ1) is 11.9. The van der Waals surface area contributed by atoms with Gasteiger partial charge in [-0.05, 0) is 43.9 Å². The van der Waals surface area contributed by atoms with Crippen LogP contribution >= 0.6 is 0 Å². The fourth-order valence-electron chi connectivity index (χ4n) is 4.89. The van der Waals surface area contributed by atoms with Gasteiger partial charge in [0.1, 0.15) is 0 Å². The molecule has 4 unspecified atom stereocenters.